The number of rotatable bonds is 1. The van der Waals surface area contributed by atoms with Gasteiger partial charge in [-0.3, -0.25) is 0 Å². The molecule has 16 heavy (non-hydrogen) atoms. The maximum absolute atomic E-state index is 6.02. The zero-order valence-electron chi connectivity index (χ0n) is 8.84. The normalized spacial score (nSPS) is 27.2. The Morgan fingerprint density at radius 1 is 1.06 bits per heavy atom. The second-order valence-corrected chi connectivity index (χ2v) is 5.12. The van der Waals surface area contributed by atoms with Crippen molar-refractivity contribution in [1.29, 1.82) is 0 Å². The monoisotopic (exact) mass is 227 g/mol. The van der Waals surface area contributed by atoms with Gasteiger partial charge < -0.3 is 5.73 Å². The van der Waals surface area contributed by atoms with E-state index in [1.54, 1.807) is 0 Å². The fraction of sp³-hybridized carbons (Fsp3) is 0.143. The Hall–Kier alpha value is -1.41. The average molecular weight is 227 g/mol. The Morgan fingerprint density at radius 2 is 1.88 bits per heavy atom. The van der Waals surface area contributed by atoms with Gasteiger partial charge in [0.25, 0.3) is 0 Å². The molecule has 2 aliphatic rings. The maximum Gasteiger partial charge on any atom is 0.0587 e. The first-order valence-corrected chi connectivity index (χ1v) is 6.35. The van der Waals surface area contributed by atoms with E-state index in [0.717, 1.165) is 5.70 Å². The van der Waals surface area contributed by atoms with Gasteiger partial charge >= 0.3 is 0 Å². The third-order valence-electron chi connectivity index (χ3n) is 3.09. The molecule has 0 bridgehead atoms. The van der Waals surface area contributed by atoms with Crippen LogP contribution in [0, 0.1) is 5.92 Å². The molecule has 1 aromatic rings. The fourth-order valence-corrected chi connectivity index (χ4v) is 3.34. The van der Waals surface area contributed by atoms with Gasteiger partial charge in [0.2, 0.25) is 0 Å². The van der Waals surface area contributed by atoms with Crippen LogP contribution in [0.3, 0.4) is 0 Å². The molecule has 0 saturated carbocycles. The van der Waals surface area contributed by atoms with Crippen molar-refractivity contribution in [3.8, 4) is 0 Å². The van der Waals surface area contributed by atoms with Gasteiger partial charge in [0, 0.05) is 11.6 Å². The lowest BCUT2D eigenvalue weighted by atomic mass is 9.85. The summed E-state index contributed by atoms with van der Waals surface area (Å²) in [7, 11) is 0. The molecule has 80 valence electrons. The molecule has 1 heterocycles. The van der Waals surface area contributed by atoms with Crippen LogP contribution in [-0.2, 0) is 0 Å². The van der Waals surface area contributed by atoms with Crippen LogP contribution >= 0.6 is 11.8 Å². The van der Waals surface area contributed by atoms with Gasteiger partial charge in [0.05, 0.1) is 5.25 Å². The Balaban J connectivity index is 2.05. The number of nitrogens with two attached hydrogens (primary N) is 1. The van der Waals surface area contributed by atoms with Gasteiger partial charge in [0.15, 0.2) is 0 Å². The zero-order chi connectivity index (χ0) is 11.0. The van der Waals surface area contributed by atoms with E-state index in [1.165, 1.54) is 11.1 Å². The molecule has 1 nitrogen and oxygen atoms in total. The van der Waals surface area contributed by atoms with Crippen molar-refractivity contribution in [3.05, 3.63) is 65.2 Å². The Bertz CT molecular complexity index is 485. The number of thioether (sulfide) groups is 1. The number of benzene rings is 1. The molecule has 1 aliphatic carbocycles. The summed E-state index contributed by atoms with van der Waals surface area (Å²) in [5.74, 6) is 0.442. The maximum atomic E-state index is 6.02. The van der Waals surface area contributed by atoms with Gasteiger partial charge in [-0.15, -0.1) is 11.8 Å². The molecule has 2 heteroatoms. The molecule has 0 fully saturated rings. The largest absolute Gasteiger partial charge is 0.401 e. The Kier molecular flexibility index (Phi) is 2.37. The van der Waals surface area contributed by atoms with Crippen LogP contribution in [0.1, 0.15) is 5.56 Å². The van der Waals surface area contributed by atoms with Gasteiger partial charge in [-0.05, 0) is 22.6 Å². The predicted molar refractivity (Wildman–Crippen MR) is 70.7 cm³/mol. The average Bonchev–Trinajstić information content (AvgIpc) is 2.81. The van der Waals surface area contributed by atoms with Crippen molar-refractivity contribution in [1.82, 2.24) is 0 Å². The molecule has 0 radical (unpaired) electrons. The molecule has 2 unspecified atom stereocenters. The topological polar surface area (TPSA) is 26.0 Å². The summed E-state index contributed by atoms with van der Waals surface area (Å²) >= 11 is 1.82. The Labute approximate surface area is 99.7 Å². The molecule has 2 N–H and O–H groups in total. The van der Waals surface area contributed by atoms with Crippen molar-refractivity contribution < 1.29 is 0 Å². The van der Waals surface area contributed by atoms with Crippen LogP contribution in [0.4, 0.5) is 0 Å². The van der Waals surface area contributed by atoms with Gasteiger partial charge in [-0.2, -0.15) is 0 Å². The third-order valence-corrected chi connectivity index (χ3v) is 4.26. The molecular weight excluding hydrogens is 214 g/mol. The van der Waals surface area contributed by atoms with E-state index in [9.17, 15) is 0 Å². The molecule has 2 atom stereocenters. The van der Waals surface area contributed by atoms with E-state index in [-0.39, 0.29) is 0 Å². The molecule has 0 amide bonds. The lowest BCUT2D eigenvalue weighted by molar-refractivity contribution is 0.827. The van der Waals surface area contributed by atoms with E-state index in [4.69, 9.17) is 5.73 Å². The molecule has 1 aromatic carbocycles. The smallest absolute Gasteiger partial charge is 0.0587 e. The van der Waals surface area contributed by atoms with Crippen LogP contribution in [0.2, 0.25) is 0 Å². The molecule has 0 spiro atoms. The highest BCUT2D eigenvalue weighted by atomic mass is 32.2. The first-order valence-electron chi connectivity index (χ1n) is 5.41. The number of hydrogen-bond acceptors (Lipinski definition) is 2. The van der Waals surface area contributed by atoms with Crippen LogP contribution in [0.25, 0.3) is 5.57 Å². The van der Waals surface area contributed by atoms with E-state index < -0.39 is 0 Å². The van der Waals surface area contributed by atoms with Gasteiger partial charge in [0.1, 0.15) is 0 Å². The Morgan fingerprint density at radius 3 is 2.69 bits per heavy atom. The molecule has 0 aromatic heterocycles. The van der Waals surface area contributed by atoms with Crippen LogP contribution < -0.4 is 5.73 Å². The summed E-state index contributed by atoms with van der Waals surface area (Å²) in [5, 5.41) is 2.57. The van der Waals surface area contributed by atoms with Crippen molar-refractivity contribution in [2.45, 2.75) is 5.25 Å². The van der Waals surface area contributed by atoms with E-state index in [0.29, 0.717) is 11.2 Å². The lowest BCUT2D eigenvalue weighted by Crippen LogP contribution is -2.23. The van der Waals surface area contributed by atoms with Gasteiger partial charge in [-0.1, -0.05) is 42.5 Å². The minimum atomic E-state index is 0.403. The SMILES string of the molecule is NC1=CC=C(c2ccccc2)C2C=CSC12. The standard InChI is InChI=1S/C14H13NS/c15-13-7-6-11(10-4-2-1-3-5-10)12-8-9-16-14(12)13/h1-9,12,14H,15H2. The first-order chi connectivity index (χ1) is 7.86. The highest BCUT2D eigenvalue weighted by Crippen LogP contribution is 2.43. The molecule has 0 saturated heterocycles. The highest BCUT2D eigenvalue weighted by molar-refractivity contribution is 8.03. The summed E-state index contributed by atoms with van der Waals surface area (Å²) in [5.41, 5.74) is 9.68. The van der Waals surface area contributed by atoms with Crippen LogP contribution in [0.15, 0.2) is 59.7 Å². The molecule has 1 aliphatic heterocycles. The van der Waals surface area contributed by atoms with Crippen molar-refractivity contribution in [2.75, 3.05) is 0 Å². The quantitative estimate of drug-likeness (QED) is 0.797. The summed E-state index contributed by atoms with van der Waals surface area (Å²) in [6, 6.07) is 10.5. The van der Waals surface area contributed by atoms with E-state index in [2.05, 4.69) is 41.8 Å². The van der Waals surface area contributed by atoms with E-state index in [1.807, 2.05) is 23.9 Å². The van der Waals surface area contributed by atoms with E-state index >= 15 is 0 Å². The summed E-state index contributed by atoms with van der Waals surface area (Å²) in [4.78, 5) is 0. The summed E-state index contributed by atoms with van der Waals surface area (Å²) in [6.07, 6.45) is 6.46. The van der Waals surface area contributed by atoms with Crippen molar-refractivity contribution in [2.24, 2.45) is 11.7 Å². The second-order valence-electron chi connectivity index (χ2n) is 4.07. The van der Waals surface area contributed by atoms with Gasteiger partial charge in [-0.25, -0.2) is 0 Å². The molecular formula is C14H13NS. The van der Waals surface area contributed by atoms with Crippen LogP contribution in [-0.4, -0.2) is 5.25 Å². The minimum Gasteiger partial charge on any atom is -0.401 e. The zero-order valence-corrected chi connectivity index (χ0v) is 9.65. The first kappa shape index (κ1) is 9.79. The fourth-order valence-electron chi connectivity index (χ4n) is 2.26. The molecule has 3 rings (SSSR count). The lowest BCUT2D eigenvalue weighted by Gasteiger charge is -2.25. The summed E-state index contributed by atoms with van der Waals surface area (Å²) < 4.78 is 0. The number of fused-ring (bicyclic) bond motifs is 1. The number of hydrogen-bond donors (Lipinski definition) is 1. The third kappa shape index (κ3) is 1.50. The number of allylic oxidation sites excluding steroid dienone is 4. The van der Waals surface area contributed by atoms with Crippen LogP contribution in [0.5, 0.6) is 0 Å². The second kappa shape index (κ2) is 3.87. The van der Waals surface area contributed by atoms with Crippen molar-refractivity contribution >= 4 is 17.3 Å². The van der Waals surface area contributed by atoms with Crippen molar-refractivity contribution in [3.63, 3.8) is 0 Å². The summed E-state index contributed by atoms with van der Waals surface area (Å²) in [6.45, 7) is 0. The minimum absolute atomic E-state index is 0.403. The highest BCUT2D eigenvalue weighted by Gasteiger charge is 2.31. The predicted octanol–water partition coefficient (Wildman–Crippen LogP) is 3.17.